The third-order valence-corrected chi connectivity index (χ3v) is 4.90. The molecule has 1 unspecified atom stereocenters. The van der Waals surface area contributed by atoms with E-state index in [0.717, 1.165) is 17.7 Å². The average molecular weight is 358 g/mol. The lowest BCUT2D eigenvalue weighted by Gasteiger charge is -2.23. The fourth-order valence-electron chi connectivity index (χ4n) is 3.50. The Balaban J connectivity index is 1.73. The van der Waals surface area contributed by atoms with E-state index >= 15 is 0 Å². The molecule has 1 atom stereocenters. The lowest BCUT2D eigenvalue weighted by molar-refractivity contribution is -0.132. The molecule has 136 valence electrons. The van der Waals surface area contributed by atoms with Crippen LogP contribution in [0, 0.1) is 17.1 Å². The number of anilines is 1. The van der Waals surface area contributed by atoms with Gasteiger partial charge in [-0.05, 0) is 56.9 Å². The van der Waals surface area contributed by atoms with E-state index < -0.39 is 41.8 Å². The van der Waals surface area contributed by atoms with Crippen LogP contribution in [0.4, 0.5) is 14.9 Å². The van der Waals surface area contributed by atoms with Gasteiger partial charge in [0.25, 0.3) is 5.91 Å². The molecular weight excluding hydrogens is 339 g/mol. The largest absolute Gasteiger partial charge is 0.336 e. The highest BCUT2D eigenvalue weighted by atomic mass is 19.1. The Morgan fingerprint density at radius 1 is 1.31 bits per heavy atom. The third-order valence-electron chi connectivity index (χ3n) is 4.90. The van der Waals surface area contributed by atoms with Gasteiger partial charge < -0.3 is 5.32 Å². The van der Waals surface area contributed by atoms with Crippen LogP contribution < -0.4 is 10.2 Å². The zero-order chi connectivity index (χ0) is 18.9. The van der Waals surface area contributed by atoms with Gasteiger partial charge >= 0.3 is 6.03 Å². The summed E-state index contributed by atoms with van der Waals surface area (Å²) in [7, 11) is 0. The highest BCUT2D eigenvalue weighted by molar-refractivity contribution is 6.15. The number of nitrogens with one attached hydrogen (secondary N) is 1. The van der Waals surface area contributed by atoms with E-state index in [2.05, 4.69) is 11.4 Å². The Morgan fingerprint density at radius 3 is 2.50 bits per heavy atom. The monoisotopic (exact) mass is 358 g/mol. The molecular formula is C18H19FN4O3. The van der Waals surface area contributed by atoms with Crippen molar-refractivity contribution in [2.24, 2.45) is 0 Å². The fraction of sp³-hybridized carbons (Fsp3) is 0.444. The van der Waals surface area contributed by atoms with Gasteiger partial charge in [-0.3, -0.25) is 19.4 Å². The summed E-state index contributed by atoms with van der Waals surface area (Å²) in [5.74, 6) is -1.50. The van der Waals surface area contributed by atoms with Crippen LogP contribution in [0.25, 0.3) is 0 Å². The molecule has 1 aliphatic carbocycles. The number of rotatable bonds is 4. The van der Waals surface area contributed by atoms with Gasteiger partial charge in [0.05, 0.1) is 6.07 Å². The smallest absolute Gasteiger partial charge is 0.332 e. The SMILES string of the molecule is CC1C(=O)N(CC(=O)NC2(C#N)CCCC2)C(=O)N1c1ccc(F)cc1. The molecule has 0 bridgehead atoms. The second-order valence-corrected chi connectivity index (χ2v) is 6.68. The first-order valence-corrected chi connectivity index (χ1v) is 8.49. The van der Waals surface area contributed by atoms with Crippen LogP contribution in [0.1, 0.15) is 32.6 Å². The molecule has 8 heteroatoms. The van der Waals surface area contributed by atoms with Crippen LogP contribution in [-0.4, -0.2) is 40.9 Å². The Morgan fingerprint density at radius 2 is 1.92 bits per heavy atom. The second kappa shape index (κ2) is 6.75. The number of urea groups is 1. The van der Waals surface area contributed by atoms with Gasteiger partial charge in [-0.25, -0.2) is 9.18 Å². The van der Waals surface area contributed by atoms with Gasteiger partial charge in [0.1, 0.15) is 23.9 Å². The summed E-state index contributed by atoms with van der Waals surface area (Å²) in [6.45, 7) is 1.11. The summed E-state index contributed by atoms with van der Waals surface area (Å²) < 4.78 is 13.1. The Hall–Kier alpha value is -2.95. The topological polar surface area (TPSA) is 93.5 Å². The minimum atomic E-state index is -0.912. The van der Waals surface area contributed by atoms with Crippen molar-refractivity contribution in [3.05, 3.63) is 30.1 Å². The van der Waals surface area contributed by atoms with Crippen molar-refractivity contribution >= 4 is 23.5 Å². The maximum Gasteiger partial charge on any atom is 0.332 e. The number of amides is 4. The molecule has 2 aliphatic rings. The Labute approximate surface area is 150 Å². The van der Waals surface area contributed by atoms with Crippen molar-refractivity contribution < 1.29 is 18.8 Å². The van der Waals surface area contributed by atoms with E-state index in [0.29, 0.717) is 18.5 Å². The number of hydrogen-bond acceptors (Lipinski definition) is 4. The molecule has 1 aromatic rings. The third kappa shape index (κ3) is 3.12. The summed E-state index contributed by atoms with van der Waals surface area (Å²) in [5, 5.41) is 12.0. The predicted molar refractivity (Wildman–Crippen MR) is 90.4 cm³/mol. The van der Waals surface area contributed by atoms with E-state index in [4.69, 9.17) is 0 Å². The fourth-order valence-corrected chi connectivity index (χ4v) is 3.50. The molecule has 1 aromatic carbocycles. The Bertz CT molecular complexity index is 781. The quantitative estimate of drug-likeness (QED) is 0.832. The molecule has 0 radical (unpaired) electrons. The van der Waals surface area contributed by atoms with E-state index in [1.54, 1.807) is 6.92 Å². The first kappa shape index (κ1) is 17.9. The van der Waals surface area contributed by atoms with Gasteiger partial charge in [0.2, 0.25) is 5.91 Å². The Kier molecular flexibility index (Phi) is 4.64. The number of hydrogen-bond donors (Lipinski definition) is 1. The number of halogens is 1. The summed E-state index contributed by atoms with van der Waals surface area (Å²) in [6, 6.07) is 5.92. The number of carbonyl (C=O) groups excluding carboxylic acids is 3. The van der Waals surface area contributed by atoms with Crippen molar-refractivity contribution in [2.75, 3.05) is 11.4 Å². The van der Waals surface area contributed by atoms with E-state index in [1.165, 1.54) is 29.2 Å². The molecule has 3 rings (SSSR count). The number of nitrogens with zero attached hydrogens (tertiary/aromatic N) is 3. The van der Waals surface area contributed by atoms with Crippen LogP contribution in [0.2, 0.25) is 0 Å². The van der Waals surface area contributed by atoms with Crippen molar-refractivity contribution in [2.45, 2.75) is 44.2 Å². The van der Waals surface area contributed by atoms with E-state index in [1.807, 2.05) is 0 Å². The minimum Gasteiger partial charge on any atom is -0.336 e. The van der Waals surface area contributed by atoms with Crippen LogP contribution in [0.3, 0.4) is 0 Å². The van der Waals surface area contributed by atoms with Gasteiger partial charge in [-0.1, -0.05) is 0 Å². The summed E-state index contributed by atoms with van der Waals surface area (Å²) in [6.07, 6.45) is 2.83. The number of carbonyl (C=O) groups is 3. The highest BCUT2D eigenvalue weighted by Gasteiger charge is 2.45. The summed E-state index contributed by atoms with van der Waals surface area (Å²) >= 11 is 0. The maximum absolute atomic E-state index is 13.1. The minimum absolute atomic E-state index is 0.379. The molecule has 1 heterocycles. The molecule has 0 aromatic heterocycles. The van der Waals surface area contributed by atoms with Crippen molar-refractivity contribution in [3.8, 4) is 6.07 Å². The molecule has 1 saturated carbocycles. The molecule has 1 aliphatic heterocycles. The number of imide groups is 1. The van der Waals surface area contributed by atoms with Crippen LogP contribution in [0.15, 0.2) is 24.3 Å². The maximum atomic E-state index is 13.1. The zero-order valence-electron chi connectivity index (χ0n) is 14.4. The molecule has 26 heavy (non-hydrogen) atoms. The molecule has 2 fully saturated rings. The van der Waals surface area contributed by atoms with Gasteiger partial charge in [-0.2, -0.15) is 5.26 Å². The summed E-state index contributed by atoms with van der Waals surface area (Å²) in [5.41, 5.74) is -0.532. The van der Waals surface area contributed by atoms with Crippen LogP contribution in [0.5, 0.6) is 0 Å². The molecule has 7 nitrogen and oxygen atoms in total. The van der Waals surface area contributed by atoms with E-state index in [9.17, 15) is 24.0 Å². The molecule has 0 spiro atoms. The normalized spacial score (nSPS) is 21.8. The van der Waals surface area contributed by atoms with Gasteiger partial charge in [0.15, 0.2) is 0 Å². The molecule has 4 amide bonds. The first-order chi connectivity index (χ1) is 12.4. The number of benzene rings is 1. The zero-order valence-corrected chi connectivity index (χ0v) is 14.4. The predicted octanol–water partition coefficient (Wildman–Crippen LogP) is 1.94. The highest BCUT2D eigenvalue weighted by Crippen LogP contribution is 2.29. The van der Waals surface area contributed by atoms with Crippen LogP contribution >= 0.6 is 0 Å². The second-order valence-electron chi connectivity index (χ2n) is 6.68. The first-order valence-electron chi connectivity index (χ1n) is 8.49. The number of nitriles is 1. The average Bonchev–Trinajstić information content (AvgIpc) is 3.16. The van der Waals surface area contributed by atoms with Crippen molar-refractivity contribution in [1.29, 1.82) is 5.26 Å². The van der Waals surface area contributed by atoms with Crippen molar-refractivity contribution in [1.82, 2.24) is 10.2 Å². The molecule has 1 N–H and O–H groups in total. The van der Waals surface area contributed by atoms with Gasteiger partial charge in [0, 0.05) is 5.69 Å². The summed E-state index contributed by atoms with van der Waals surface area (Å²) in [4.78, 5) is 39.5. The lowest BCUT2D eigenvalue weighted by Crippen LogP contribution is -2.50. The van der Waals surface area contributed by atoms with Crippen LogP contribution in [-0.2, 0) is 9.59 Å². The van der Waals surface area contributed by atoms with E-state index in [-0.39, 0.29) is 0 Å². The standard InChI is InChI=1S/C18H19FN4O3/c1-12-16(25)22(10-15(24)21-18(11-20)8-2-3-9-18)17(26)23(12)14-6-4-13(19)5-7-14/h4-7,12H,2-3,8-10H2,1H3,(H,21,24). The lowest BCUT2D eigenvalue weighted by atomic mass is 10.00. The molecule has 1 saturated heterocycles. The van der Waals surface area contributed by atoms with Crippen molar-refractivity contribution in [3.63, 3.8) is 0 Å². The van der Waals surface area contributed by atoms with Gasteiger partial charge in [-0.15, -0.1) is 0 Å².